The van der Waals surface area contributed by atoms with Gasteiger partial charge in [0.25, 0.3) is 0 Å². The lowest BCUT2D eigenvalue weighted by atomic mass is 9.75. The smallest absolute Gasteiger partial charge is 0.494 e. The largest absolute Gasteiger partial charge is 0.507 e. The van der Waals surface area contributed by atoms with Gasteiger partial charge in [-0.1, -0.05) is 39.8 Å². The minimum absolute atomic E-state index is 0.235. The second kappa shape index (κ2) is 6.25. The van der Waals surface area contributed by atoms with Crippen LogP contribution < -0.4 is 5.46 Å². The molecule has 2 rings (SSSR count). The lowest BCUT2D eigenvalue weighted by molar-refractivity contribution is -0.0601. The van der Waals surface area contributed by atoms with Crippen LogP contribution in [0.4, 0.5) is 0 Å². The highest BCUT2D eigenvalue weighted by atomic mass is 16.7. The lowest BCUT2D eigenvalue weighted by Crippen LogP contribution is -2.50. The number of aromatic hydroxyl groups is 1. The van der Waals surface area contributed by atoms with Crippen LogP contribution in [-0.4, -0.2) is 23.4 Å². The fourth-order valence-corrected chi connectivity index (χ4v) is 4.03. The van der Waals surface area contributed by atoms with Crippen molar-refractivity contribution in [1.82, 2.24) is 0 Å². The average Bonchev–Trinajstić information content (AvgIpc) is 2.87. The molecule has 1 aliphatic heterocycles. The van der Waals surface area contributed by atoms with Gasteiger partial charge >= 0.3 is 7.12 Å². The Bertz CT molecular complexity index is 490. The monoisotopic (exact) mass is 304 g/mol. The number of hydrogen-bond acceptors (Lipinski definition) is 3. The van der Waals surface area contributed by atoms with Crippen molar-refractivity contribution < 1.29 is 14.4 Å². The number of phenols is 1. The second-order valence-corrected chi connectivity index (χ2v) is 6.47. The van der Waals surface area contributed by atoms with Gasteiger partial charge in [0.05, 0.1) is 11.2 Å². The van der Waals surface area contributed by atoms with E-state index in [0.717, 1.165) is 42.3 Å². The Morgan fingerprint density at radius 2 is 1.23 bits per heavy atom. The van der Waals surface area contributed by atoms with Gasteiger partial charge in [-0.15, -0.1) is 0 Å². The Morgan fingerprint density at radius 3 is 1.55 bits per heavy atom. The van der Waals surface area contributed by atoms with Gasteiger partial charge in [-0.25, -0.2) is 0 Å². The summed E-state index contributed by atoms with van der Waals surface area (Å²) in [5.41, 5.74) is 2.27. The Balaban J connectivity index is 2.44. The van der Waals surface area contributed by atoms with E-state index in [9.17, 15) is 5.11 Å². The molecule has 0 radical (unpaired) electrons. The molecule has 1 fully saturated rings. The molecule has 3 nitrogen and oxygen atoms in total. The van der Waals surface area contributed by atoms with Crippen LogP contribution in [0.1, 0.15) is 64.5 Å². The van der Waals surface area contributed by atoms with Crippen molar-refractivity contribution in [2.45, 2.75) is 78.4 Å². The SMILES string of the molecule is CCC1(CC)OB(c2cc(C)c(O)c(C)c2)OC1(CC)CC. The van der Waals surface area contributed by atoms with E-state index < -0.39 is 0 Å². The molecule has 0 bridgehead atoms. The molecule has 1 aromatic carbocycles. The van der Waals surface area contributed by atoms with Gasteiger partial charge in [-0.05, 0) is 56.1 Å². The van der Waals surface area contributed by atoms with E-state index in [1.807, 2.05) is 26.0 Å². The van der Waals surface area contributed by atoms with Gasteiger partial charge in [0.2, 0.25) is 0 Å². The first-order valence-corrected chi connectivity index (χ1v) is 8.54. The zero-order valence-corrected chi connectivity index (χ0v) is 14.8. The Labute approximate surface area is 135 Å². The second-order valence-electron chi connectivity index (χ2n) is 6.47. The zero-order chi connectivity index (χ0) is 16.5. The molecular formula is C18H29BO3. The zero-order valence-electron chi connectivity index (χ0n) is 14.8. The molecular weight excluding hydrogens is 275 g/mol. The summed E-state index contributed by atoms with van der Waals surface area (Å²) in [7, 11) is -0.349. The van der Waals surface area contributed by atoms with Crippen molar-refractivity contribution in [2.75, 3.05) is 0 Å². The summed E-state index contributed by atoms with van der Waals surface area (Å²) in [6.07, 6.45) is 3.77. The molecule has 22 heavy (non-hydrogen) atoms. The van der Waals surface area contributed by atoms with E-state index in [1.165, 1.54) is 0 Å². The third-order valence-electron chi connectivity index (χ3n) is 5.57. The molecule has 1 N–H and O–H groups in total. The van der Waals surface area contributed by atoms with Gasteiger partial charge in [0, 0.05) is 0 Å². The van der Waals surface area contributed by atoms with E-state index >= 15 is 0 Å². The maximum absolute atomic E-state index is 9.98. The van der Waals surface area contributed by atoms with Crippen molar-refractivity contribution in [3.8, 4) is 5.75 Å². The first-order chi connectivity index (χ1) is 10.4. The number of hydrogen-bond donors (Lipinski definition) is 1. The van der Waals surface area contributed by atoms with Crippen LogP contribution in [0, 0.1) is 13.8 Å². The molecule has 1 saturated heterocycles. The predicted molar refractivity (Wildman–Crippen MR) is 91.8 cm³/mol. The van der Waals surface area contributed by atoms with Crippen molar-refractivity contribution >= 4 is 12.6 Å². The van der Waals surface area contributed by atoms with Crippen molar-refractivity contribution in [1.29, 1.82) is 0 Å². The molecule has 0 spiro atoms. The molecule has 0 atom stereocenters. The Hall–Kier alpha value is -0.995. The molecule has 0 amide bonds. The van der Waals surface area contributed by atoms with Crippen molar-refractivity contribution in [3.63, 3.8) is 0 Å². The summed E-state index contributed by atoms with van der Waals surface area (Å²) in [5.74, 6) is 0.358. The topological polar surface area (TPSA) is 38.7 Å². The van der Waals surface area contributed by atoms with Crippen molar-refractivity contribution in [3.05, 3.63) is 23.3 Å². The highest BCUT2D eigenvalue weighted by molar-refractivity contribution is 6.62. The highest BCUT2D eigenvalue weighted by Gasteiger charge is 2.58. The minimum Gasteiger partial charge on any atom is -0.507 e. The predicted octanol–water partition coefficient (Wildman–Crippen LogP) is 3.87. The van der Waals surface area contributed by atoms with Crippen LogP contribution in [0.25, 0.3) is 0 Å². The quantitative estimate of drug-likeness (QED) is 0.839. The Morgan fingerprint density at radius 1 is 0.864 bits per heavy atom. The summed E-state index contributed by atoms with van der Waals surface area (Å²) < 4.78 is 13.0. The molecule has 0 aromatic heterocycles. The van der Waals surface area contributed by atoms with Crippen LogP contribution in [0.5, 0.6) is 5.75 Å². The van der Waals surface area contributed by atoms with E-state index in [4.69, 9.17) is 9.31 Å². The Kier molecular flexibility index (Phi) is 4.93. The van der Waals surface area contributed by atoms with Gasteiger partial charge in [-0.2, -0.15) is 0 Å². The van der Waals surface area contributed by atoms with E-state index in [0.29, 0.717) is 5.75 Å². The van der Waals surface area contributed by atoms with E-state index in [-0.39, 0.29) is 18.3 Å². The third kappa shape index (κ3) is 2.46. The number of benzene rings is 1. The maximum atomic E-state index is 9.98. The summed E-state index contributed by atoms with van der Waals surface area (Å²) >= 11 is 0. The maximum Gasteiger partial charge on any atom is 0.494 e. The number of aryl methyl sites for hydroxylation is 2. The molecule has 4 heteroatoms. The lowest BCUT2D eigenvalue weighted by Gasteiger charge is -2.42. The fraction of sp³-hybridized carbons (Fsp3) is 0.667. The molecule has 0 unspecified atom stereocenters. The standard InChI is InChI=1S/C18H29BO3/c1-7-17(8-2)18(9-3,10-4)22-19(21-17)15-11-13(5)16(20)14(6)12-15/h11-12,20H,7-10H2,1-6H3. The summed E-state index contributed by atoms with van der Waals surface area (Å²) in [4.78, 5) is 0. The number of phenolic OH excluding ortho intramolecular Hbond substituents is 1. The van der Waals surface area contributed by atoms with Crippen LogP contribution in [0.3, 0.4) is 0 Å². The van der Waals surface area contributed by atoms with E-state index in [1.54, 1.807) is 0 Å². The summed E-state index contributed by atoms with van der Waals surface area (Å²) in [6, 6.07) is 3.95. The molecule has 0 saturated carbocycles. The van der Waals surface area contributed by atoms with Gasteiger partial charge in [0.1, 0.15) is 5.75 Å². The first kappa shape index (κ1) is 17.4. The molecule has 1 aliphatic rings. The summed E-state index contributed by atoms with van der Waals surface area (Å²) in [5, 5.41) is 9.98. The molecule has 0 aliphatic carbocycles. The highest BCUT2D eigenvalue weighted by Crippen LogP contribution is 2.46. The average molecular weight is 304 g/mol. The normalized spacial score (nSPS) is 19.6. The number of rotatable bonds is 5. The molecule has 122 valence electrons. The summed E-state index contributed by atoms with van der Waals surface area (Å²) in [6.45, 7) is 12.6. The van der Waals surface area contributed by atoms with Crippen molar-refractivity contribution in [2.24, 2.45) is 0 Å². The minimum atomic E-state index is -0.349. The van der Waals surface area contributed by atoms with Crippen LogP contribution >= 0.6 is 0 Å². The van der Waals surface area contributed by atoms with E-state index in [2.05, 4.69) is 27.7 Å². The van der Waals surface area contributed by atoms with Gasteiger partial charge in [-0.3, -0.25) is 0 Å². The fourth-order valence-electron chi connectivity index (χ4n) is 4.03. The third-order valence-corrected chi connectivity index (χ3v) is 5.57. The molecule has 1 heterocycles. The van der Waals surface area contributed by atoms with Gasteiger partial charge < -0.3 is 14.4 Å². The van der Waals surface area contributed by atoms with Crippen LogP contribution in [0.15, 0.2) is 12.1 Å². The first-order valence-electron chi connectivity index (χ1n) is 8.54. The molecule has 1 aromatic rings. The van der Waals surface area contributed by atoms with Crippen LogP contribution in [0.2, 0.25) is 0 Å². The van der Waals surface area contributed by atoms with Gasteiger partial charge in [0.15, 0.2) is 0 Å². The van der Waals surface area contributed by atoms with Crippen LogP contribution in [-0.2, 0) is 9.31 Å².